The molecule has 0 radical (unpaired) electrons. The van der Waals surface area contributed by atoms with Crippen molar-refractivity contribution in [2.24, 2.45) is 23.7 Å². The van der Waals surface area contributed by atoms with Crippen LogP contribution in [0.15, 0.2) is 121 Å². The second-order valence-electron chi connectivity index (χ2n) is 18.6. The van der Waals surface area contributed by atoms with Crippen molar-refractivity contribution in [1.82, 2.24) is 19.6 Å². The predicted molar refractivity (Wildman–Crippen MR) is 261 cm³/mol. The quantitative estimate of drug-likeness (QED) is 0.137. The number of amides is 4. The van der Waals surface area contributed by atoms with Crippen molar-refractivity contribution in [1.29, 1.82) is 0 Å². The van der Waals surface area contributed by atoms with E-state index in [4.69, 9.17) is 0 Å². The molecule has 0 aromatic heterocycles. The summed E-state index contributed by atoms with van der Waals surface area (Å²) >= 11 is 0. The van der Waals surface area contributed by atoms with E-state index in [1.165, 1.54) is 0 Å². The van der Waals surface area contributed by atoms with Gasteiger partial charge in [0, 0.05) is 75.5 Å². The molecule has 4 aromatic carbocycles. The first-order valence-corrected chi connectivity index (χ1v) is 23.8. The lowest BCUT2D eigenvalue weighted by molar-refractivity contribution is -0.130. The maximum absolute atomic E-state index is 11.9. The second-order valence-corrected chi connectivity index (χ2v) is 18.6. The molecule has 0 aliphatic carbocycles. The van der Waals surface area contributed by atoms with Crippen LogP contribution < -0.4 is 0 Å². The minimum atomic E-state index is -0.117. The summed E-state index contributed by atoms with van der Waals surface area (Å²) in [5.41, 5.74) is 4.46. The van der Waals surface area contributed by atoms with E-state index in [2.05, 4.69) is 0 Å². The molecule has 0 spiro atoms. The van der Waals surface area contributed by atoms with Crippen LogP contribution in [0, 0.1) is 23.7 Å². The summed E-state index contributed by atoms with van der Waals surface area (Å²) in [4.78, 5) is 100. The lowest BCUT2D eigenvalue weighted by atomic mass is 10.0. The highest BCUT2D eigenvalue weighted by molar-refractivity contribution is 5.91. The fraction of sp³-hybridized carbons (Fsp3) is 0.429. The molecule has 4 amide bonds. The number of carbonyl (C=O) groups excluding carboxylic acids is 8. The zero-order valence-corrected chi connectivity index (χ0v) is 40.9. The molecule has 4 aliphatic rings. The summed E-state index contributed by atoms with van der Waals surface area (Å²) in [5.74, 6) is 0.320. The molecule has 4 fully saturated rings. The lowest BCUT2D eigenvalue weighted by Crippen LogP contribution is -2.29. The summed E-state index contributed by atoms with van der Waals surface area (Å²) in [6.07, 6.45) is 1.47. The van der Waals surface area contributed by atoms with Crippen LogP contribution in [0.2, 0.25) is 0 Å². The van der Waals surface area contributed by atoms with E-state index in [-0.39, 0.29) is 94.6 Å². The molecule has 4 aromatic rings. The molecule has 4 saturated heterocycles. The molecule has 0 unspecified atom stereocenters. The number of likely N-dealkylation sites (tertiary alicyclic amines) is 4. The number of ketones is 4. The van der Waals surface area contributed by atoms with Gasteiger partial charge in [-0.2, -0.15) is 0 Å². The number of hydrogen-bond donors (Lipinski definition) is 0. The zero-order chi connectivity index (χ0) is 49.7. The summed E-state index contributed by atoms with van der Waals surface area (Å²) in [6, 6.07) is 39.9. The van der Waals surface area contributed by atoms with Gasteiger partial charge in [-0.25, -0.2) is 0 Å². The fourth-order valence-corrected chi connectivity index (χ4v) is 9.16. The van der Waals surface area contributed by atoms with Gasteiger partial charge in [-0.15, -0.1) is 0 Å². The molecule has 12 nitrogen and oxygen atoms in total. The smallest absolute Gasteiger partial charge is 0.223 e. The molecule has 0 bridgehead atoms. The Hall–Kier alpha value is -6.56. The molecular formula is C56H68N4O8. The first kappa shape index (κ1) is 52.4. The van der Waals surface area contributed by atoms with Crippen molar-refractivity contribution in [3.63, 3.8) is 0 Å². The molecule has 0 N–H and O–H groups in total. The van der Waals surface area contributed by atoms with Gasteiger partial charge in [0.05, 0.1) is 24.2 Å². The van der Waals surface area contributed by atoms with Crippen molar-refractivity contribution in [2.75, 3.05) is 26.2 Å². The average Bonchev–Trinajstić information content (AvgIpc) is 4.15. The number of rotatable bonds is 12. The van der Waals surface area contributed by atoms with Crippen LogP contribution in [0.3, 0.4) is 0 Å². The number of nitrogens with zero attached hydrogens (tertiary/aromatic N) is 4. The normalized spacial score (nSPS) is 21.6. The number of carbonyl (C=O) groups is 8. The van der Waals surface area contributed by atoms with Crippen molar-refractivity contribution < 1.29 is 38.4 Å². The maximum Gasteiger partial charge on any atom is 0.223 e. The van der Waals surface area contributed by atoms with Gasteiger partial charge in [-0.1, -0.05) is 121 Å². The fourth-order valence-electron chi connectivity index (χ4n) is 9.16. The Morgan fingerprint density at radius 3 is 0.632 bits per heavy atom. The van der Waals surface area contributed by atoms with Gasteiger partial charge in [-0.3, -0.25) is 38.4 Å². The number of hydrogen-bond acceptors (Lipinski definition) is 8. The van der Waals surface area contributed by atoms with Crippen LogP contribution >= 0.6 is 0 Å². The summed E-state index contributed by atoms with van der Waals surface area (Å²) in [7, 11) is 0. The van der Waals surface area contributed by atoms with Crippen molar-refractivity contribution in [2.45, 2.75) is 105 Å². The Morgan fingerprint density at radius 1 is 0.338 bits per heavy atom. The average molecular weight is 925 g/mol. The van der Waals surface area contributed by atoms with E-state index >= 15 is 0 Å². The monoisotopic (exact) mass is 925 g/mol. The lowest BCUT2D eigenvalue weighted by Gasteiger charge is -2.25. The Morgan fingerprint density at radius 2 is 0.500 bits per heavy atom. The van der Waals surface area contributed by atoms with Crippen molar-refractivity contribution in [3.05, 3.63) is 144 Å². The Kier molecular flexibility index (Phi) is 18.9. The SMILES string of the molecule is CC(=O)[C@@H]1CC(=O)N([C@@H](C)c2ccccc2)C1.CC(=O)[C@@H]1CC(=O)N([C@H](C)c2ccccc2)C1.CC(=O)[C@H]1CC(=O)N([C@@H](C)c2ccccc2)C1.CC(=O)[C@H]1CC(=O)N([C@H](C)c2ccccc2)C1. The zero-order valence-electron chi connectivity index (χ0n) is 40.9. The molecule has 8 rings (SSSR count). The van der Waals surface area contributed by atoms with Crippen LogP contribution in [0.1, 0.15) is 127 Å². The third-order valence-electron chi connectivity index (χ3n) is 13.9. The molecule has 4 heterocycles. The minimum Gasteiger partial charge on any atom is -0.335 e. The maximum atomic E-state index is 11.9. The largest absolute Gasteiger partial charge is 0.335 e. The van der Waals surface area contributed by atoms with Gasteiger partial charge in [-0.05, 0) is 77.6 Å². The Balaban J connectivity index is 0.000000169. The highest BCUT2D eigenvalue weighted by Gasteiger charge is 2.38. The van der Waals surface area contributed by atoms with Gasteiger partial charge in [0.15, 0.2) is 0 Å². The molecule has 12 heteroatoms. The first-order chi connectivity index (χ1) is 32.4. The van der Waals surface area contributed by atoms with Gasteiger partial charge >= 0.3 is 0 Å². The van der Waals surface area contributed by atoms with E-state index in [9.17, 15) is 38.4 Å². The van der Waals surface area contributed by atoms with Gasteiger partial charge < -0.3 is 19.6 Å². The van der Waals surface area contributed by atoms with Gasteiger partial charge in [0.25, 0.3) is 0 Å². The summed E-state index contributed by atoms with van der Waals surface area (Å²) < 4.78 is 0. The Bertz CT molecular complexity index is 2040. The number of benzene rings is 4. The van der Waals surface area contributed by atoms with E-state index < -0.39 is 0 Å². The Labute approximate surface area is 402 Å². The van der Waals surface area contributed by atoms with Crippen molar-refractivity contribution >= 4 is 46.8 Å². The standard InChI is InChI=1S/4C14H17NO2/c4*1-10(12-6-4-3-5-7-12)15-9-13(11(2)16)8-14(15)17/h4*3-7,10,13H,8-9H2,1-2H3/t2*10-,13+;2*10-,13-/m1010/s1. The molecule has 68 heavy (non-hydrogen) atoms. The molecule has 8 atom stereocenters. The first-order valence-electron chi connectivity index (χ1n) is 23.8. The van der Waals surface area contributed by atoms with Gasteiger partial charge in [0.2, 0.25) is 23.6 Å². The molecule has 360 valence electrons. The van der Waals surface area contributed by atoms with E-state index in [0.717, 1.165) is 22.3 Å². The topological polar surface area (TPSA) is 150 Å². The number of Topliss-reactive ketones (excluding diaryl/α,β-unsaturated/α-hetero) is 4. The van der Waals surface area contributed by atoms with Crippen LogP contribution in [0.4, 0.5) is 0 Å². The summed E-state index contributed by atoms with van der Waals surface area (Å²) in [5, 5.41) is 0. The predicted octanol–water partition coefficient (Wildman–Crippen LogP) is 8.74. The molecular weight excluding hydrogens is 857 g/mol. The second kappa shape index (κ2) is 24.5. The van der Waals surface area contributed by atoms with Crippen LogP contribution in [0.5, 0.6) is 0 Å². The summed E-state index contributed by atoms with van der Waals surface area (Å²) in [6.45, 7) is 16.5. The van der Waals surface area contributed by atoms with Crippen LogP contribution in [-0.4, -0.2) is 92.5 Å². The van der Waals surface area contributed by atoms with E-state index in [1.54, 1.807) is 47.3 Å². The third-order valence-corrected chi connectivity index (χ3v) is 13.9. The highest BCUT2D eigenvalue weighted by atomic mass is 16.2. The van der Waals surface area contributed by atoms with E-state index in [1.807, 2.05) is 149 Å². The van der Waals surface area contributed by atoms with Crippen molar-refractivity contribution in [3.8, 4) is 0 Å². The van der Waals surface area contributed by atoms with Crippen LogP contribution in [0.25, 0.3) is 0 Å². The molecule has 0 saturated carbocycles. The molecule has 4 aliphatic heterocycles. The minimum absolute atomic E-state index is 0.0491. The highest BCUT2D eigenvalue weighted by Crippen LogP contribution is 2.32. The third kappa shape index (κ3) is 13.8. The van der Waals surface area contributed by atoms with E-state index in [0.29, 0.717) is 51.9 Å². The van der Waals surface area contributed by atoms with Gasteiger partial charge in [0.1, 0.15) is 23.1 Å². The van der Waals surface area contributed by atoms with Crippen LogP contribution in [-0.2, 0) is 38.4 Å².